The van der Waals surface area contributed by atoms with E-state index in [0.717, 1.165) is 23.3 Å². The first kappa shape index (κ1) is 13.8. The molecule has 5 rings (SSSR count). The second-order valence-corrected chi connectivity index (χ2v) is 13.4. The Morgan fingerprint density at radius 3 is 1.80 bits per heavy atom. The lowest BCUT2D eigenvalue weighted by Crippen LogP contribution is -2.57. The van der Waals surface area contributed by atoms with Gasteiger partial charge in [-0.2, -0.15) is 0 Å². The molecular weight excluding hydrogens is 260 g/mol. The van der Waals surface area contributed by atoms with Crippen LogP contribution in [-0.2, 0) is 4.43 Å². The summed E-state index contributed by atoms with van der Waals surface area (Å²) in [7, 11) is -1.49. The zero-order chi connectivity index (χ0) is 13.8. The van der Waals surface area contributed by atoms with Gasteiger partial charge < -0.3 is 4.43 Å². The summed E-state index contributed by atoms with van der Waals surface area (Å²) in [6, 6.07) is 0. The molecule has 114 valence electrons. The molecule has 5 fully saturated rings. The van der Waals surface area contributed by atoms with E-state index in [4.69, 9.17) is 4.43 Å². The van der Waals surface area contributed by atoms with Crippen molar-refractivity contribution in [3.05, 3.63) is 0 Å². The fourth-order valence-corrected chi connectivity index (χ4v) is 9.93. The molecule has 0 amide bonds. The Labute approximate surface area is 126 Å². The van der Waals surface area contributed by atoms with Crippen LogP contribution in [0.25, 0.3) is 0 Å². The zero-order valence-electron chi connectivity index (χ0n) is 13.5. The van der Waals surface area contributed by atoms with Gasteiger partial charge in [0.15, 0.2) is 8.32 Å². The molecule has 1 nitrogen and oxygen atoms in total. The van der Waals surface area contributed by atoms with Crippen LogP contribution in [-0.4, -0.2) is 13.9 Å². The molecule has 0 aromatic carbocycles. The molecule has 0 atom stereocenters. The van der Waals surface area contributed by atoms with Crippen LogP contribution in [0.15, 0.2) is 0 Å². The van der Waals surface area contributed by atoms with Crippen molar-refractivity contribution < 1.29 is 4.43 Å². The van der Waals surface area contributed by atoms with Gasteiger partial charge in [0.25, 0.3) is 0 Å². The lowest BCUT2D eigenvalue weighted by molar-refractivity contribution is -0.114. The third-order valence-corrected chi connectivity index (χ3v) is 10.6. The molecule has 0 heterocycles. The van der Waals surface area contributed by atoms with Gasteiger partial charge in [0, 0.05) is 0 Å². The molecule has 0 radical (unpaired) electrons. The zero-order valence-corrected chi connectivity index (χ0v) is 14.5. The van der Waals surface area contributed by atoms with Crippen molar-refractivity contribution >= 4 is 8.32 Å². The van der Waals surface area contributed by atoms with Crippen LogP contribution in [0.2, 0.25) is 18.6 Å². The van der Waals surface area contributed by atoms with Gasteiger partial charge in [0.1, 0.15) is 0 Å². The van der Waals surface area contributed by atoms with Crippen molar-refractivity contribution in [1.29, 1.82) is 0 Å². The van der Waals surface area contributed by atoms with Gasteiger partial charge in [-0.1, -0.05) is 32.1 Å². The van der Waals surface area contributed by atoms with Gasteiger partial charge in [-0.25, -0.2) is 0 Å². The van der Waals surface area contributed by atoms with Crippen molar-refractivity contribution in [3.63, 3.8) is 0 Å². The molecule has 4 bridgehead atoms. The molecule has 20 heavy (non-hydrogen) atoms. The van der Waals surface area contributed by atoms with E-state index in [-0.39, 0.29) is 0 Å². The van der Waals surface area contributed by atoms with E-state index < -0.39 is 8.32 Å². The Morgan fingerprint density at radius 1 is 0.800 bits per heavy atom. The highest BCUT2D eigenvalue weighted by Crippen LogP contribution is 2.58. The van der Waals surface area contributed by atoms with E-state index in [1.807, 2.05) is 0 Å². The van der Waals surface area contributed by atoms with E-state index in [9.17, 15) is 0 Å². The fraction of sp³-hybridized carbons (Fsp3) is 1.00. The summed E-state index contributed by atoms with van der Waals surface area (Å²) in [5.74, 6) is 3.08. The monoisotopic (exact) mass is 292 g/mol. The maximum absolute atomic E-state index is 7.12. The quantitative estimate of drug-likeness (QED) is 0.623. The highest BCUT2D eigenvalue weighted by molar-refractivity contribution is 6.72. The Bertz CT molecular complexity index is 334. The van der Waals surface area contributed by atoms with Gasteiger partial charge in [0.05, 0.1) is 5.60 Å². The largest absolute Gasteiger partial charge is 0.412 e. The van der Waals surface area contributed by atoms with Crippen molar-refractivity contribution in [2.24, 2.45) is 17.8 Å². The summed E-state index contributed by atoms with van der Waals surface area (Å²) in [5, 5.41) is 0. The van der Waals surface area contributed by atoms with Crippen LogP contribution in [0, 0.1) is 17.8 Å². The first-order valence-electron chi connectivity index (χ1n) is 9.25. The van der Waals surface area contributed by atoms with Gasteiger partial charge >= 0.3 is 0 Å². The topological polar surface area (TPSA) is 9.23 Å². The van der Waals surface area contributed by atoms with E-state index in [2.05, 4.69) is 13.1 Å². The summed E-state index contributed by atoms with van der Waals surface area (Å²) in [6.07, 6.45) is 16.2. The van der Waals surface area contributed by atoms with E-state index in [1.165, 1.54) is 70.6 Å². The molecule has 2 heteroatoms. The molecule has 0 saturated heterocycles. The van der Waals surface area contributed by atoms with Crippen molar-refractivity contribution in [1.82, 2.24) is 0 Å². The number of rotatable bonds is 3. The molecule has 0 aliphatic heterocycles. The summed E-state index contributed by atoms with van der Waals surface area (Å²) in [5.41, 5.74) is 1.30. The lowest BCUT2D eigenvalue weighted by Gasteiger charge is -2.59. The maximum atomic E-state index is 7.12. The van der Waals surface area contributed by atoms with Crippen LogP contribution in [0.1, 0.15) is 70.6 Å². The predicted molar refractivity (Wildman–Crippen MR) is 86.3 cm³/mol. The highest BCUT2D eigenvalue weighted by atomic mass is 28.4. The minimum atomic E-state index is -1.49. The highest BCUT2D eigenvalue weighted by Gasteiger charge is 2.54. The second-order valence-electron chi connectivity index (χ2n) is 9.14. The molecule has 0 aromatic rings. The SMILES string of the molecule is C[Si](C)(OC12CC3CC(CC(C3)C1)C2)C1CCCCC1. The van der Waals surface area contributed by atoms with Gasteiger partial charge in [0.2, 0.25) is 0 Å². The predicted octanol–water partition coefficient (Wildman–Crippen LogP) is 5.51. The van der Waals surface area contributed by atoms with E-state index >= 15 is 0 Å². The van der Waals surface area contributed by atoms with Gasteiger partial charge in [-0.05, 0) is 74.9 Å². The third kappa shape index (κ3) is 2.41. The van der Waals surface area contributed by atoms with Crippen molar-refractivity contribution in [2.75, 3.05) is 0 Å². The van der Waals surface area contributed by atoms with E-state index in [0.29, 0.717) is 5.60 Å². The Morgan fingerprint density at radius 2 is 1.30 bits per heavy atom. The van der Waals surface area contributed by atoms with Crippen molar-refractivity contribution in [2.45, 2.75) is 94.9 Å². The summed E-state index contributed by atoms with van der Waals surface area (Å²) in [6.45, 7) is 5.09. The van der Waals surface area contributed by atoms with Gasteiger partial charge in [-0.3, -0.25) is 0 Å². The summed E-state index contributed by atoms with van der Waals surface area (Å²) >= 11 is 0. The molecule has 0 spiro atoms. The molecule has 0 unspecified atom stereocenters. The minimum absolute atomic E-state index is 0.349. The number of hydrogen-bond acceptors (Lipinski definition) is 1. The van der Waals surface area contributed by atoms with Crippen LogP contribution in [0.3, 0.4) is 0 Å². The fourth-order valence-electron chi connectivity index (χ4n) is 6.60. The first-order valence-corrected chi connectivity index (χ1v) is 12.2. The average Bonchev–Trinajstić information content (AvgIpc) is 2.36. The summed E-state index contributed by atoms with van der Waals surface area (Å²) < 4.78 is 7.12. The van der Waals surface area contributed by atoms with Crippen LogP contribution in [0.4, 0.5) is 0 Å². The molecule has 0 aromatic heterocycles. The second kappa shape index (κ2) is 4.84. The Balaban J connectivity index is 1.50. The minimum Gasteiger partial charge on any atom is -0.412 e. The van der Waals surface area contributed by atoms with Crippen molar-refractivity contribution in [3.8, 4) is 0 Å². The van der Waals surface area contributed by atoms with Crippen LogP contribution >= 0.6 is 0 Å². The molecule has 5 aliphatic rings. The molecular formula is C18H32OSi. The van der Waals surface area contributed by atoms with E-state index in [1.54, 1.807) is 0 Å². The molecule has 5 aliphatic carbocycles. The van der Waals surface area contributed by atoms with Crippen LogP contribution < -0.4 is 0 Å². The van der Waals surface area contributed by atoms with Gasteiger partial charge in [-0.15, -0.1) is 0 Å². The Kier molecular flexibility index (Phi) is 3.34. The molecule has 5 saturated carbocycles. The third-order valence-electron chi connectivity index (χ3n) is 7.05. The Hall–Kier alpha value is 0.177. The smallest absolute Gasteiger partial charge is 0.190 e. The summed E-state index contributed by atoms with van der Waals surface area (Å²) in [4.78, 5) is 0. The average molecular weight is 293 g/mol. The molecule has 0 N–H and O–H groups in total. The van der Waals surface area contributed by atoms with Crippen LogP contribution in [0.5, 0.6) is 0 Å². The first-order chi connectivity index (χ1) is 9.55. The maximum Gasteiger partial charge on any atom is 0.190 e. The number of hydrogen-bond donors (Lipinski definition) is 0. The lowest BCUT2D eigenvalue weighted by atomic mass is 9.54. The standard InChI is InChI=1S/C18H32OSi/c1-20(2,17-6-4-3-5-7-17)19-18-11-14-8-15(12-18)10-16(9-14)13-18/h14-17H,3-13H2,1-2H3. The normalized spacial score (nSPS) is 45.0.